The van der Waals surface area contributed by atoms with Crippen molar-refractivity contribution in [1.82, 2.24) is 15.5 Å². The van der Waals surface area contributed by atoms with E-state index in [4.69, 9.17) is 4.42 Å². The van der Waals surface area contributed by atoms with Crippen molar-refractivity contribution in [2.24, 2.45) is 0 Å². The van der Waals surface area contributed by atoms with Gasteiger partial charge in [-0.2, -0.15) is 11.8 Å². The predicted octanol–water partition coefficient (Wildman–Crippen LogP) is 2.95. The van der Waals surface area contributed by atoms with Crippen LogP contribution in [0.2, 0.25) is 0 Å². The van der Waals surface area contributed by atoms with Gasteiger partial charge in [-0.15, -0.1) is 10.2 Å². The van der Waals surface area contributed by atoms with E-state index in [-0.39, 0.29) is 0 Å². The summed E-state index contributed by atoms with van der Waals surface area (Å²) in [5, 5.41) is 11.3. The fourth-order valence-electron chi connectivity index (χ4n) is 1.44. The summed E-state index contributed by atoms with van der Waals surface area (Å²) in [5.74, 6) is 2.23. The fraction of sp³-hybridized carbons (Fsp3) is 0.333. The van der Waals surface area contributed by atoms with Crippen LogP contribution in [0.25, 0.3) is 11.5 Å². The molecule has 1 heterocycles. The Hall–Kier alpha value is -0.850. The smallest absolute Gasteiger partial charge is 0.248 e. The van der Waals surface area contributed by atoms with E-state index in [0.29, 0.717) is 18.3 Å². The first-order chi connectivity index (χ1) is 8.81. The van der Waals surface area contributed by atoms with Gasteiger partial charge in [0.2, 0.25) is 11.8 Å². The molecule has 0 radical (unpaired) electrons. The van der Waals surface area contributed by atoms with E-state index < -0.39 is 0 Å². The second-order valence-electron chi connectivity index (χ2n) is 3.65. The summed E-state index contributed by atoms with van der Waals surface area (Å²) in [4.78, 5) is 0. The highest BCUT2D eigenvalue weighted by atomic mass is 79.9. The van der Waals surface area contributed by atoms with E-state index in [9.17, 15) is 0 Å². The van der Waals surface area contributed by atoms with Crippen LogP contribution in [0.1, 0.15) is 5.89 Å². The van der Waals surface area contributed by atoms with Gasteiger partial charge in [-0.05, 0) is 34.3 Å². The van der Waals surface area contributed by atoms with Gasteiger partial charge >= 0.3 is 0 Å². The molecule has 0 atom stereocenters. The zero-order valence-electron chi connectivity index (χ0n) is 10.0. The topological polar surface area (TPSA) is 51.0 Å². The Morgan fingerprint density at radius 2 is 2.17 bits per heavy atom. The minimum Gasteiger partial charge on any atom is -0.419 e. The molecule has 4 nitrogen and oxygen atoms in total. The van der Waals surface area contributed by atoms with Crippen LogP contribution in [0.3, 0.4) is 0 Å². The van der Waals surface area contributed by atoms with Gasteiger partial charge in [-0.25, -0.2) is 0 Å². The van der Waals surface area contributed by atoms with Crippen molar-refractivity contribution < 1.29 is 4.42 Å². The van der Waals surface area contributed by atoms with E-state index >= 15 is 0 Å². The van der Waals surface area contributed by atoms with Crippen molar-refractivity contribution in [3.05, 3.63) is 34.6 Å². The lowest BCUT2D eigenvalue weighted by Crippen LogP contribution is -2.16. The van der Waals surface area contributed by atoms with Gasteiger partial charge in [0.1, 0.15) is 0 Å². The van der Waals surface area contributed by atoms with Crippen LogP contribution < -0.4 is 5.32 Å². The molecule has 1 N–H and O–H groups in total. The third-order valence-electron chi connectivity index (χ3n) is 2.33. The second kappa shape index (κ2) is 6.92. The van der Waals surface area contributed by atoms with Crippen molar-refractivity contribution in [1.29, 1.82) is 0 Å². The number of nitrogens with zero attached hydrogens (tertiary/aromatic N) is 2. The summed E-state index contributed by atoms with van der Waals surface area (Å²) < 4.78 is 6.56. The lowest BCUT2D eigenvalue weighted by molar-refractivity contribution is 0.482. The molecular formula is C12H14BrN3OS. The van der Waals surface area contributed by atoms with Crippen LogP contribution in [0, 0.1) is 0 Å². The monoisotopic (exact) mass is 327 g/mol. The van der Waals surface area contributed by atoms with Gasteiger partial charge in [-0.1, -0.05) is 12.1 Å². The number of halogens is 1. The molecule has 0 aliphatic rings. The number of aromatic nitrogens is 2. The summed E-state index contributed by atoms with van der Waals surface area (Å²) >= 11 is 5.27. The molecule has 1 aromatic heterocycles. The summed E-state index contributed by atoms with van der Waals surface area (Å²) in [6.45, 7) is 1.55. The fourth-order valence-corrected chi connectivity index (χ4v) is 2.24. The molecule has 1 aromatic carbocycles. The third kappa shape index (κ3) is 3.57. The number of rotatable bonds is 6. The van der Waals surface area contributed by atoms with Crippen LogP contribution in [-0.2, 0) is 6.54 Å². The van der Waals surface area contributed by atoms with Gasteiger partial charge in [0.05, 0.1) is 12.1 Å². The van der Waals surface area contributed by atoms with Crippen molar-refractivity contribution in [2.75, 3.05) is 18.6 Å². The standard InChI is InChI=1S/C12H14BrN3OS/c1-18-7-6-14-8-11-15-16-12(17-11)9-4-2-3-5-10(9)13/h2-5,14H,6-8H2,1H3. The molecule has 0 fully saturated rings. The van der Waals surface area contributed by atoms with Crippen molar-refractivity contribution in [3.8, 4) is 11.5 Å². The first-order valence-corrected chi connectivity index (χ1v) is 7.77. The van der Waals surface area contributed by atoms with E-state index in [1.54, 1.807) is 11.8 Å². The summed E-state index contributed by atoms with van der Waals surface area (Å²) in [6.07, 6.45) is 2.08. The van der Waals surface area contributed by atoms with Crippen LogP contribution in [0.15, 0.2) is 33.2 Å². The van der Waals surface area contributed by atoms with Crippen LogP contribution in [-0.4, -0.2) is 28.8 Å². The second-order valence-corrected chi connectivity index (χ2v) is 5.49. The Bertz CT molecular complexity index is 504. The predicted molar refractivity (Wildman–Crippen MR) is 77.5 cm³/mol. The molecule has 18 heavy (non-hydrogen) atoms. The quantitative estimate of drug-likeness (QED) is 0.826. The number of thioether (sulfide) groups is 1. The molecule has 0 saturated heterocycles. The highest BCUT2D eigenvalue weighted by Crippen LogP contribution is 2.26. The zero-order valence-corrected chi connectivity index (χ0v) is 12.4. The molecule has 0 spiro atoms. The first-order valence-electron chi connectivity index (χ1n) is 5.58. The molecule has 0 amide bonds. The van der Waals surface area contributed by atoms with Crippen molar-refractivity contribution >= 4 is 27.7 Å². The third-order valence-corrected chi connectivity index (χ3v) is 3.63. The Morgan fingerprint density at radius 3 is 2.94 bits per heavy atom. The molecule has 2 rings (SSSR count). The summed E-state index contributed by atoms with van der Waals surface area (Å²) in [5.41, 5.74) is 0.917. The van der Waals surface area contributed by atoms with Gasteiger partial charge in [0, 0.05) is 16.8 Å². The Labute approximate surface area is 119 Å². The normalized spacial score (nSPS) is 10.8. The number of nitrogens with one attached hydrogen (secondary N) is 1. The van der Waals surface area contributed by atoms with Crippen molar-refractivity contribution in [3.63, 3.8) is 0 Å². The first kappa shape index (κ1) is 13.6. The SMILES string of the molecule is CSCCNCc1nnc(-c2ccccc2Br)o1. The maximum absolute atomic E-state index is 5.61. The highest BCUT2D eigenvalue weighted by molar-refractivity contribution is 9.10. The molecule has 96 valence electrons. The largest absolute Gasteiger partial charge is 0.419 e. The number of hydrogen-bond donors (Lipinski definition) is 1. The minimum absolute atomic E-state index is 0.546. The van der Waals surface area contributed by atoms with Crippen LogP contribution in [0.4, 0.5) is 0 Å². The van der Waals surface area contributed by atoms with E-state index in [1.165, 1.54) is 0 Å². The van der Waals surface area contributed by atoms with Gasteiger partial charge < -0.3 is 9.73 Å². The maximum atomic E-state index is 5.61. The van der Waals surface area contributed by atoms with E-state index in [2.05, 4.69) is 37.7 Å². The molecule has 0 saturated carbocycles. The molecule has 6 heteroatoms. The summed E-state index contributed by atoms with van der Waals surface area (Å²) in [7, 11) is 0. The van der Waals surface area contributed by atoms with Crippen LogP contribution >= 0.6 is 27.7 Å². The van der Waals surface area contributed by atoms with E-state index in [0.717, 1.165) is 22.3 Å². The summed E-state index contributed by atoms with van der Waals surface area (Å²) in [6, 6.07) is 7.80. The highest BCUT2D eigenvalue weighted by Gasteiger charge is 2.10. The molecule has 0 aliphatic heterocycles. The number of benzene rings is 1. The average molecular weight is 328 g/mol. The Kier molecular flexibility index (Phi) is 5.22. The van der Waals surface area contributed by atoms with Crippen molar-refractivity contribution in [2.45, 2.75) is 6.54 Å². The Morgan fingerprint density at radius 1 is 1.33 bits per heavy atom. The lowest BCUT2D eigenvalue weighted by atomic mass is 10.2. The van der Waals surface area contributed by atoms with Gasteiger partial charge in [0.25, 0.3) is 0 Å². The molecule has 0 unspecified atom stereocenters. The Balaban J connectivity index is 2.00. The van der Waals surface area contributed by atoms with Gasteiger partial charge in [0.15, 0.2) is 0 Å². The van der Waals surface area contributed by atoms with Gasteiger partial charge in [-0.3, -0.25) is 0 Å². The lowest BCUT2D eigenvalue weighted by Gasteiger charge is -1.99. The molecule has 0 aliphatic carbocycles. The van der Waals surface area contributed by atoms with Crippen LogP contribution in [0.5, 0.6) is 0 Å². The minimum atomic E-state index is 0.546. The average Bonchev–Trinajstić information content (AvgIpc) is 2.84. The molecule has 0 bridgehead atoms. The molecule has 2 aromatic rings. The zero-order chi connectivity index (χ0) is 12.8. The molecular weight excluding hydrogens is 314 g/mol. The number of hydrogen-bond acceptors (Lipinski definition) is 5. The maximum Gasteiger partial charge on any atom is 0.248 e. The van der Waals surface area contributed by atoms with E-state index in [1.807, 2.05) is 24.3 Å².